The molecule has 0 aromatic heterocycles. The summed E-state index contributed by atoms with van der Waals surface area (Å²) in [4.78, 5) is 24.1. The molecule has 1 rings (SSSR count). The zero-order chi connectivity index (χ0) is 15.3. The van der Waals surface area contributed by atoms with Gasteiger partial charge in [-0.05, 0) is 13.8 Å². The van der Waals surface area contributed by atoms with Crippen LogP contribution in [0.3, 0.4) is 0 Å². The number of urea groups is 1. The number of carboxylic acid groups (broad SMARTS) is 1. The minimum Gasteiger partial charge on any atom is -0.481 e. The molecule has 1 saturated heterocycles. The number of aliphatic hydroxyl groups excluding tert-OH is 1. The number of nitrogens with zero attached hydrogens (tertiary/aromatic N) is 1. The van der Waals surface area contributed by atoms with E-state index in [9.17, 15) is 14.7 Å². The van der Waals surface area contributed by atoms with Crippen molar-refractivity contribution in [1.82, 2.24) is 10.2 Å². The molecule has 1 heterocycles. The summed E-state index contributed by atoms with van der Waals surface area (Å²) in [6.45, 7) is 3.40. The van der Waals surface area contributed by atoms with Crippen molar-refractivity contribution < 1.29 is 29.6 Å². The fourth-order valence-corrected chi connectivity index (χ4v) is 1.97. The topological polar surface area (TPSA) is 119 Å². The van der Waals surface area contributed by atoms with Gasteiger partial charge in [0, 0.05) is 6.54 Å². The predicted octanol–water partition coefficient (Wildman–Crippen LogP) is -0.997. The van der Waals surface area contributed by atoms with Crippen molar-refractivity contribution in [2.24, 2.45) is 0 Å². The Morgan fingerprint density at radius 2 is 2.15 bits per heavy atom. The van der Waals surface area contributed by atoms with Crippen LogP contribution in [0.2, 0.25) is 0 Å². The van der Waals surface area contributed by atoms with Gasteiger partial charge in [0.25, 0.3) is 0 Å². The van der Waals surface area contributed by atoms with E-state index in [0.717, 1.165) is 0 Å². The molecule has 0 bridgehead atoms. The maximum absolute atomic E-state index is 12.0. The highest BCUT2D eigenvalue weighted by Gasteiger charge is 2.31. The lowest BCUT2D eigenvalue weighted by atomic mass is 10.0. The van der Waals surface area contributed by atoms with Gasteiger partial charge in [0.1, 0.15) is 0 Å². The second kappa shape index (κ2) is 6.87. The standard InChI is InChI=1S/C12H22N2O6/c1-8-6-20-9(5-15)4-14(8)11(18)13-7-12(2,19)3-10(16)17/h8-9,15,19H,3-7H2,1-2H3,(H,13,18)(H,16,17). The van der Waals surface area contributed by atoms with Crippen LogP contribution in [-0.4, -0.2) is 76.3 Å². The Kier molecular flexibility index (Phi) is 5.73. The number of carbonyl (C=O) groups excluding carboxylic acids is 1. The molecule has 1 fully saturated rings. The normalized spacial score (nSPS) is 25.9. The van der Waals surface area contributed by atoms with Gasteiger partial charge >= 0.3 is 12.0 Å². The van der Waals surface area contributed by atoms with Crippen molar-refractivity contribution in [2.75, 3.05) is 26.3 Å². The third kappa shape index (κ3) is 4.95. The van der Waals surface area contributed by atoms with Crippen LogP contribution in [0.25, 0.3) is 0 Å². The zero-order valence-corrected chi connectivity index (χ0v) is 11.7. The molecular weight excluding hydrogens is 268 g/mol. The van der Waals surface area contributed by atoms with Gasteiger partial charge in [-0.2, -0.15) is 0 Å². The molecule has 116 valence electrons. The zero-order valence-electron chi connectivity index (χ0n) is 11.7. The summed E-state index contributed by atoms with van der Waals surface area (Å²) >= 11 is 0. The summed E-state index contributed by atoms with van der Waals surface area (Å²) in [5, 5.41) is 30.0. The average Bonchev–Trinajstić information content (AvgIpc) is 2.35. The Bertz CT molecular complexity index is 360. The molecule has 1 aliphatic rings. The van der Waals surface area contributed by atoms with Crippen LogP contribution >= 0.6 is 0 Å². The molecule has 0 saturated carbocycles. The van der Waals surface area contributed by atoms with Crippen molar-refractivity contribution in [2.45, 2.75) is 38.0 Å². The SMILES string of the molecule is CC1COC(CO)CN1C(=O)NCC(C)(O)CC(=O)O. The lowest BCUT2D eigenvalue weighted by Gasteiger charge is -2.37. The minimum absolute atomic E-state index is 0.151. The van der Waals surface area contributed by atoms with Gasteiger partial charge in [0.05, 0.1) is 43.9 Å². The van der Waals surface area contributed by atoms with Crippen LogP contribution < -0.4 is 5.32 Å². The second-order valence-corrected chi connectivity index (χ2v) is 5.37. The number of carbonyl (C=O) groups is 2. The number of carboxylic acids is 1. The van der Waals surface area contributed by atoms with Crippen LogP contribution in [0.15, 0.2) is 0 Å². The van der Waals surface area contributed by atoms with E-state index in [4.69, 9.17) is 14.9 Å². The summed E-state index contributed by atoms with van der Waals surface area (Å²) in [5.41, 5.74) is -1.51. The quantitative estimate of drug-likeness (QED) is 0.516. The fraction of sp³-hybridized carbons (Fsp3) is 0.833. The number of ether oxygens (including phenoxy) is 1. The monoisotopic (exact) mass is 290 g/mol. The third-order valence-electron chi connectivity index (χ3n) is 3.12. The van der Waals surface area contributed by atoms with E-state index in [1.54, 1.807) is 0 Å². The van der Waals surface area contributed by atoms with Crippen LogP contribution in [0.1, 0.15) is 20.3 Å². The Balaban J connectivity index is 2.50. The third-order valence-corrected chi connectivity index (χ3v) is 3.12. The van der Waals surface area contributed by atoms with E-state index in [1.807, 2.05) is 6.92 Å². The van der Waals surface area contributed by atoms with Crippen LogP contribution in [0.4, 0.5) is 4.79 Å². The largest absolute Gasteiger partial charge is 0.481 e. The Hall–Kier alpha value is -1.38. The first-order valence-electron chi connectivity index (χ1n) is 6.46. The predicted molar refractivity (Wildman–Crippen MR) is 69.3 cm³/mol. The molecule has 0 radical (unpaired) electrons. The van der Waals surface area contributed by atoms with E-state index in [2.05, 4.69) is 5.32 Å². The molecule has 8 heteroatoms. The molecule has 1 aliphatic heterocycles. The maximum Gasteiger partial charge on any atom is 0.317 e. The lowest BCUT2D eigenvalue weighted by Crippen LogP contribution is -2.56. The minimum atomic E-state index is -1.51. The fourth-order valence-electron chi connectivity index (χ4n) is 1.97. The van der Waals surface area contributed by atoms with Crippen molar-refractivity contribution in [3.05, 3.63) is 0 Å². The molecular formula is C12H22N2O6. The highest BCUT2D eigenvalue weighted by atomic mass is 16.5. The number of morpholine rings is 1. The van der Waals surface area contributed by atoms with Crippen LogP contribution in [0, 0.1) is 0 Å². The molecule has 2 amide bonds. The molecule has 0 aromatic rings. The molecule has 3 atom stereocenters. The van der Waals surface area contributed by atoms with Gasteiger partial charge in [-0.1, -0.05) is 0 Å². The van der Waals surface area contributed by atoms with Crippen molar-refractivity contribution in [1.29, 1.82) is 0 Å². The number of rotatable bonds is 5. The number of nitrogens with one attached hydrogen (secondary N) is 1. The molecule has 0 spiro atoms. The summed E-state index contributed by atoms with van der Waals surface area (Å²) in [6, 6.07) is -0.563. The molecule has 0 aliphatic carbocycles. The summed E-state index contributed by atoms with van der Waals surface area (Å²) in [7, 11) is 0. The number of aliphatic carboxylic acids is 1. The molecule has 8 nitrogen and oxygen atoms in total. The summed E-state index contributed by atoms with van der Waals surface area (Å²) in [6.07, 6.45) is -0.873. The van der Waals surface area contributed by atoms with Crippen molar-refractivity contribution in [3.63, 3.8) is 0 Å². The van der Waals surface area contributed by atoms with Gasteiger partial charge in [0.15, 0.2) is 0 Å². The first-order chi connectivity index (χ1) is 9.25. The van der Waals surface area contributed by atoms with Gasteiger partial charge in [-0.3, -0.25) is 4.79 Å². The highest BCUT2D eigenvalue weighted by Crippen LogP contribution is 2.12. The summed E-state index contributed by atoms with van der Waals surface area (Å²) < 4.78 is 5.32. The van der Waals surface area contributed by atoms with Gasteiger partial charge < -0.3 is 30.3 Å². The summed E-state index contributed by atoms with van der Waals surface area (Å²) in [5.74, 6) is -1.13. The second-order valence-electron chi connectivity index (χ2n) is 5.37. The van der Waals surface area contributed by atoms with Crippen LogP contribution in [-0.2, 0) is 9.53 Å². The van der Waals surface area contributed by atoms with Gasteiger partial charge in [-0.25, -0.2) is 4.79 Å². The van der Waals surface area contributed by atoms with E-state index >= 15 is 0 Å². The van der Waals surface area contributed by atoms with Crippen LogP contribution in [0.5, 0.6) is 0 Å². The number of aliphatic hydroxyl groups is 2. The Morgan fingerprint density at radius 1 is 1.50 bits per heavy atom. The smallest absolute Gasteiger partial charge is 0.317 e. The number of amides is 2. The number of hydrogen-bond acceptors (Lipinski definition) is 5. The van der Waals surface area contributed by atoms with Gasteiger partial charge in [-0.15, -0.1) is 0 Å². The molecule has 4 N–H and O–H groups in total. The Morgan fingerprint density at radius 3 is 2.70 bits per heavy atom. The molecule has 3 unspecified atom stereocenters. The van der Waals surface area contributed by atoms with E-state index in [0.29, 0.717) is 6.61 Å². The lowest BCUT2D eigenvalue weighted by molar-refractivity contribution is -0.141. The maximum atomic E-state index is 12.0. The average molecular weight is 290 g/mol. The van der Waals surface area contributed by atoms with E-state index < -0.39 is 30.1 Å². The van der Waals surface area contributed by atoms with Crippen molar-refractivity contribution in [3.8, 4) is 0 Å². The van der Waals surface area contributed by atoms with Gasteiger partial charge in [0.2, 0.25) is 0 Å². The van der Waals surface area contributed by atoms with E-state index in [-0.39, 0.29) is 25.7 Å². The first kappa shape index (κ1) is 16.7. The molecule has 20 heavy (non-hydrogen) atoms. The van der Waals surface area contributed by atoms with Crippen molar-refractivity contribution >= 4 is 12.0 Å². The first-order valence-corrected chi connectivity index (χ1v) is 6.46. The highest BCUT2D eigenvalue weighted by molar-refractivity contribution is 5.75. The molecule has 0 aromatic carbocycles. The Labute approximate surface area is 117 Å². The number of hydrogen-bond donors (Lipinski definition) is 4. The van der Waals surface area contributed by atoms with E-state index in [1.165, 1.54) is 11.8 Å².